The maximum atomic E-state index is 15.1. The topological polar surface area (TPSA) is 26.3 Å². The van der Waals surface area contributed by atoms with E-state index in [9.17, 15) is 9.18 Å². The van der Waals surface area contributed by atoms with Crippen LogP contribution >= 0.6 is 0 Å². The van der Waals surface area contributed by atoms with Crippen molar-refractivity contribution in [2.45, 2.75) is 135 Å². The van der Waals surface area contributed by atoms with E-state index in [-0.39, 0.29) is 17.6 Å². The van der Waals surface area contributed by atoms with E-state index in [0.29, 0.717) is 11.5 Å². The van der Waals surface area contributed by atoms with Crippen LogP contribution in [0.15, 0.2) is 12.1 Å². The van der Waals surface area contributed by atoms with E-state index in [4.69, 9.17) is 4.74 Å². The van der Waals surface area contributed by atoms with Gasteiger partial charge in [0.1, 0.15) is 0 Å². The zero-order valence-corrected chi connectivity index (χ0v) is 23.4. The van der Waals surface area contributed by atoms with Crippen LogP contribution in [0, 0.1) is 41.2 Å². The van der Waals surface area contributed by atoms with Gasteiger partial charge < -0.3 is 4.74 Å². The number of carbonyl (C=O) groups excluding carboxylic acids is 1. The number of esters is 1. The van der Waals surface area contributed by atoms with Crippen LogP contribution in [0.25, 0.3) is 0 Å². The standard InChI is InChI=1S/C33H50F2O2/c1-3-5-6-8-24-11-15-28(16-12-24)33(36)37-30-22-21-29(31(34)32(30)35)27-19-17-26(18-20-27)25-13-9-23(7-4-2)10-14-25/h21-28H,3-20H2,1-2H3. The van der Waals surface area contributed by atoms with Gasteiger partial charge in [0.15, 0.2) is 11.6 Å². The molecular weight excluding hydrogens is 466 g/mol. The lowest BCUT2D eigenvalue weighted by atomic mass is 9.68. The fraction of sp³-hybridized carbons (Fsp3) is 0.788. The fourth-order valence-electron chi connectivity index (χ4n) is 7.76. The molecule has 0 aliphatic heterocycles. The maximum absolute atomic E-state index is 15.1. The summed E-state index contributed by atoms with van der Waals surface area (Å²) in [5.41, 5.74) is 0.468. The van der Waals surface area contributed by atoms with Crippen molar-refractivity contribution >= 4 is 5.97 Å². The number of ether oxygens (including phenoxy) is 1. The molecule has 0 aromatic heterocycles. The zero-order valence-electron chi connectivity index (χ0n) is 23.4. The molecule has 4 rings (SSSR count). The first-order valence-electron chi connectivity index (χ1n) is 15.7. The molecule has 3 saturated carbocycles. The molecule has 1 aromatic rings. The largest absolute Gasteiger partial charge is 0.423 e. The summed E-state index contributed by atoms with van der Waals surface area (Å²) in [5.74, 6) is 0.609. The lowest BCUT2D eigenvalue weighted by Gasteiger charge is -2.38. The normalized spacial score (nSPS) is 30.7. The quantitative estimate of drug-likeness (QED) is 0.176. The summed E-state index contributed by atoms with van der Waals surface area (Å²) >= 11 is 0. The van der Waals surface area contributed by atoms with Gasteiger partial charge in [-0.15, -0.1) is 0 Å². The number of rotatable bonds is 10. The van der Waals surface area contributed by atoms with Crippen LogP contribution in [0.3, 0.4) is 0 Å². The highest BCUT2D eigenvalue weighted by atomic mass is 19.2. The molecule has 0 saturated heterocycles. The Hall–Kier alpha value is -1.45. The second-order valence-corrected chi connectivity index (χ2v) is 12.6. The van der Waals surface area contributed by atoms with Crippen LogP contribution in [0.5, 0.6) is 5.75 Å². The molecule has 0 spiro atoms. The van der Waals surface area contributed by atoms with E-state index in [0.717, 1.165) is 69.1 Å². The fourth-order valence-corrected chi connectivity index (χ4v) is 7.76. The van der Waals surface area contributed by atoms with Crippen molar-refractivity contribution in [3.05, 3.63) is 29.3 Å². The van der Waals surface area contributed by atoms with Crippen molar-refractivity contribution in [2.24, 2.45) is 29.6 Å². The molecule has 0 unspecified atom stereocenters. The molecule has 0 bridgehead atoms. The van der Waals surface area contributed by atoms with Gasteiger partial charge in [0.25, 0.3) is 0 Å². The summed E-state index contributed by atoms with van der Waals surface area (Å²) in [6.45, 7) is 4.50. The monoisotopic (exact) mass is 516 g/mol. The van der Waals surface area contributed by atoms with Crippen molar-refractivity contribution < 1.29 is 18.3 Å². The minimum atomic E-state index is -0.990. The van der Waals surface area contributed by atoms with Gasteiger partial charge in [0, 0.05) is 0 Å². The molecule has 2 nitrogen and oxygen atoms in total. The van der Waals surface area contributed by atoms with E-state index in [2.05, 4.69) is 13.8 Å². The van der Waals surface area contributed by atoms with E-state index < -0.39 is 17.6 Å². The predicted molar refractivity (Wildman–Crippen MR) is 147 cm³/mol. The molecule has 4 heteroatoms. The van der Waals surface area contributed by atoms with Gasteiger partial charge in [0.05, 0.1) is 5.92 Å². The Bertz CT molecular complexity index is 844. The average molecular weight is 517 g/mol. The van der Waals surface area contributed by atoms with Crippen LogP contribution in [0.1, 0.15) is 141 Å². The van der Waals surface area contributed by atoms with Gasteiger partial charge in [0.2, 0.25) is 5.82 Å². The molecular formula is C33H50F2O2. The summed E-state index contributed by atoms with van der Waals surface area (Å²) in [7, 11) is 0. The van der Waals surface area contributed by atoms with Crippen LogP contribution < -0.4 is 4.74 Å². The summed E-state index contributed by atoms with van der Waals surface area (Å²) in [6, 6.07) is 3.16. The molecule has 0 heterocycles. The smallest absolute Gasteiger partial charge is 0.314 e. The number of benzene rings is 1. The molecule has 3 fully saturated rings. The van der Waals surface area contributed by atoms with Gasteiger partial charge in [-0.1, -0.05) is 71.3 Å². The molecule has 0 amide bonds. The van der Waals surface area contributed by atoms with Crippen molar-refractivity contribution in [1.82, 2.24) is 0 Å². The number of hydrogen-bond donors (Lipinski definition) is 0. The van der Waals surface area contributed by atoms with Gasteiger partial charge in [-0.3, -0.25) is 4.79 Å². The summed E-state index contributed by atoms with van der Waals surface area (Å²) < 4.78 is 35.5. The molecule has 3 aliphatic rings. The van der Waals surface area contributed by atoms with E-state index in [1.54, 1.807) is 6.07 Å². The Morgan fingerprint density at radius 2 is 1.32 bits per heavy atom. The molecule has 0 atom stereocenters. The van der Waals surface area contributed by atoms with Gasteiger partial charge in [-0.25, -0.2) is 4.39 Å². The minimum absolute atomic E-state index is 0.0647. The third kappa shape index (κ3) is 7.57. The number of hydrogen-bond acceptors (Lipinski definition) is 2. The van der Waals surface area contributed by atoms with Crippen molar-refractivity contribution in [2.75, 3.05) is 0 Å². The Balaban J connectivity index is 1.25. The van der Waals surface area contributed by atoms with Crippen molar-refractivity contribution in [3.63, 3.8) is 0 Å². The third-order valence-electron chi connectivity index (χ3n) is 10.1. The Labute approximate surface area is 224 Å². The highest BCUT2D eigenvalue weighted by Crippen LogP contribution is 2.45. The molecule has 37 heavy (non-hydrogen) atoms. The number of unbranched alkanes of at least 4 members (excludes halogenated alkanes) is 2. The average Bonchev–Trinajstić information content (AvgIpc) is 2.93. The van der Waals surface area contributed by atoms with Crippen molar-refractivity contribution in [3.8, 4) is 5.75 Å². The lowest BCUT2D eigenvalue weighted by Crippen LogP contribution is -2.26. The maximum Gasteiger partial charge on any atom is 0.314 e. The first-order valence-corrected chi connectivity index (χ1v) is 15.7. The molecule has 1 aromatic carbocycles. The minimum Gasteiger partial charge on any atom is -0.423 e. The Morgan fingerprint density at radius 3 is 1.95 bits per heavy atom. The van der Waals surface area contributed by atoms with Crippen LogP contribution in [-0.2, 0) is 4.79 Å². The van der Waals surface area contributed by atoms with Crippen LogP contribution in [-0.4, -0.2) is 5.97 Å². The van der Waals surface area contributed by atoms with E-state index in [1.165, 1.54) is 70.3 Å². The van der Waals surface area contributed by atoms with Crippen molar-refractivity contribution in [1.29, 1.82) is 0 Å². The molecule has 208 valence electrons. The zero-order chi connectivity index (χ0) is 26.2. The molecule has 3 aliphatic carbocycles. The van der Waals surface area contributed by atoms with Gasteiger partial charge in [-0.2, -0.15) is 4.39 Å². The van der Waals surface area contributed by atoms with E-state index >= 15 is 4.39 Å². The highest BCUT2D eigenvalue weighted by Gasteiger charge is 2.33. The van der Waals surface area contributed by atoms with Crippen LogP contribution in [0.4, 0.5) is 8.78 Å². The summed E-state index contributed by atoms with van der Waals surface area (Å²) in [6.07, 6.45) is 20.8. The first-order chi connectivity index (χ1) is 18.0. The van der Waals surface area contributed by atoms with Gasteiger partial charge >= 0.3 is 5.97 Å². The second kappa shape index (κ2) is 14.1. The predicted octanol–water partition coefficient (Wildman–Crippen LogP) is 10.1. The van der Waals surface area contributed by atoms with Gasteiger partial charge in [-0.05, 0) is 105 Å². The second-order valence-electron chi connectivity index (χ2n) is 12.6. The molecule has 0 radical (unpaired) electrons. The number of halogens is 2. The van der Waals surface area contributed by atoms with Crippen LogP contribution in [0.2, 0.25) is 0 Å². The first kappa shape index (κ1) is 28.6. The Morgan fingerprint density at radius 1 is 0.730 bits per heavy atom. The SMILES string of the molecule is CCCCCC1CCC(C(=O)Oc2ccc(C3CCC(C4CCC(CCC)CC4)CC3)c(F)c2F)CC1. The lowest BCUT2D eigenvalue weighted by molar-refractivity contribution is -0.140. The summed E-state index contributed by atoms with van der Waals surface area (Å²) in [5, 5.41) is 0. The van der Waals surface area contributed by atoms with E-state index in [1.807, 2.05) is 0 Å². The number of carbonyl (C=O) groups is 1. The summed E-state index contributed by atoms with van der Waals surface area (Å²) in [4.78, 5) is 12.7. The Kier molecular flexibility index (Phi) is 10.9. The highest BCUT2D eigenvalue weighted by molar-refractivity contribution is 5.75. The third-order valence-corrected chi connectivity index (χ3v) is 10.1. The molecule has 0 N–H and O–H groups in total.